The first-order chi connectivity index (χ1) is 14.3. The predicted molar refractivity (Wildman–Crippen MR) is 114 cm³/mol. The number of benzene rings is 1. The normalized spacial score (nSPS) is 15.7. The van der Waals surface area contributed by atoms with Crippen molar-refractivity contribution in [1.82, 2.24) is 10.2 Å². The van der Waals surface area contributed by atoms with E-state index in [0.717, 1.165) is 32.4 Å². The second-order valence-electron chi connectivity index (χ2n) is 7.32. The lowest BCUT2D eigenvalue weighted by Crippen LogP contribution is -2.41. The summed E-state index contributed by atoms with van der Waals surface area (Å²) in [6.45, 7) is 6.12. The molecule has 9 nitrogen and oxygen atoms in total. The fourth-order valence-corrected chi connectivity index (χ4v) is 3.82. The molecule has 168 valence electrons. The molecule has 0 aliphatic carbocycles. The number of primary sulfonamides is 1. The molecule has 1 aliphatic rings. The third kappa shape index (κ3) is 8.39. The number of ether oxygens (including phenoxy) is 1. The molecule has 1 heterocycles. The van der Waals surface area contributed by atoms with Gasteiger partial charge >= 0.3 is 0 Å². The van der Waals surface area contributed by atoms with Gasteiger partial charge in [-0.25, -0.2) is 13.6 Å². The molecule has 0 spiro atoms. The van der Waals surface area contributed by atoms with E-state index in [-0.39, 0.29) is 22.6 Å². The van der Waals surface area contributed by atoms with Crippen LogP contribution in [0.3, 0.4) is 0 Å². The van der Waals surface area contributed by atoms with Crippen molar-refractivity contribution in [2.75, 3.05) is 44.7 Å². The van der Waals surface area contributed by atoms with Crippen LogP contribution in [-0.4, -0.2) is 64.5 Å². The summed E-state index contributed by atoms with van der Waals surface area (Å²) in [5.41, 5.74) is 0.520. The molecule has 30 heavy (non-hydrogen) atoms. The Morgan fingerprint density at radius 3 is 2.47 bits per heavy atom. The maximum absolute atomic E-state index is 12.2. The van der Waals surface area contributed by atoms with Gasteiger partial charge in [0.2, 0.25) is 21.8 Å². The average molecular weight is 441 g/mol. The van der Waals surface area contributed by atoms with Crippen LogP contribution in [0.25, 0.3) is 0 Å². The van der Waals surface area contributed by atoms with Gasteiger partial charge in [-0.3, -0.25) is 9.59 Å². The first-order valence-corrected chi connectivity index (χ1v) is 11.8. The molecule has 0 radical (unpaired) electrons. The Morgan fingerprint density at radius 2 is 1.87 bits per heavy atom. The van der Waals surface area contributed by atoms with Crippen LogP contribution in [-0.2, 0) is 24.3 Å². The molecule has 0 unspecified atom stereocenters. The topological polar surface area (TPSA) is 131 Å². The van der Waals surface area contributed by atoms with Gasteiger partial charge in [-0.2, -0.15) is 0 Å². The van der Waals surface area contributed by atoms with E-state index >= 15 is 0 Å². The minimum absolute atomic E-state index is 0.00157. The summed E-state index contributed by atoms with van der Waals surface area (Å²) in [4.78, 5) is 26.5. The zero-order valence-corrected chi connectivity index (χ0v) is 18.2. The SMILES string of the molecule is CCOCCCNC(=O)C1CCN(CCC(=O)Nc2ccc(S(N)(=O)=O)cc2)CC1. The number of nitrogens with two attached hydrogens (primary N) is 1. The van der Waals surface area contributed by atoms with Crippen LogP contribution in [0.4, 0.5) is 5.69 Å². The molecule has 1 aromatic carbocycles. The van der Waals surface area contributed by atoms with Gasteiger partial charge < -0.3 is 20.3 Å². The van der Waals surface area contributed by atoms with Crippen molar-refractivity contribution in [2.45, 2.75) is 37.5 Å². The second kappa shape index (κ2) is 12.0. The standard InChI is InChI=1S/C20H32N4O5S/c1-2-29-15-3-11-22-20(26)16-8-12-24(13-9-16)14-10-19(25)23-17-4-6-18(7-5-17)30(21,27)28/h4-7,16H,2-3,8-15H2,1H3,(H,22,26)(H,23,25)(H2,21,27,28). The molecule has 1 aliphatic heterocycles. The number of sulfonamides is 1. The van der Waals surface area contributed by atoms with Crippen LogP contribution in [0.5, 0.6) is 0 Å². The molecule has 10 heteroatoms. The highest BCUT2D eigenvalue weighted by molar-refractivity contribution is 7.89. The molecule has 0 saturated carbocycles. The first kappa shape index (κ1) is 24.3. The number of hydrogen-bond donors (Lipinski definition) is 3. The number of rotatable bonds is 11. The predicted octanol–water partition coefficient (Wildman–Crippen LogP) is 0.917. The molecule has 1 saturated heterocycles. The molecular formula is C20H32N4O5S. The number of carbonyl (C=O) groups is 2. The maximum atomic E-state index is 12.2. The average Bonchev–Trinajstić information content (AvgIpc) is 2.72. The van der Waals surface area contributed by atoms with E-state index in [4.69, 9.17) is 9.88 Å². The third-order valence-electron chi connectivity index (χ3n) is 5.05. The molecule has 1 aromatic rings. The van der Waals surface area contributed by atoms with Crippen LogP contribution in [0.2, 0.25) is 0 Å². The van der Waals surface area contributed by atoms with Gasteiger partial charge in [-0.15, -0.1) is 0 Å². The second-order valence-corrected chi connectivity index (χ2v) is 8.89. The number of hydrogen-bond acceptors (Lipinski definition) is 6. The summed E-state index contributed by atoms with van der Waals surface area (Å²) in [5, 5.41) is 10.8. The monoisotopic (exact) mass is 440 g/mol. The Labute approximate surface area is 178 Å². The van der Waals surface area contributed by atoms with E-state index in [0.29, 0.717) is 38.4 Å². The van der Waals surface area contributed by atoms with Gasteiger partial charge in [0.1, 0.15) is 0 Å². The van der Waals surface area contributed by atoms with Gasteiger partial charge in [0, 0.05) is 44.3 Å². The lowest BCUT2D eigenvalue weighted by molar-refractivity contribution is -0.126. The number of piperidine rings is 1. The lowest BCUT2D eigenvalue weighted by atomic mass is 9.96. The number of nitrogens with one attached hydrogen (secondary N) is 2. The summed E-state index contributed by atoms with van der Waals surface area (Å²) in [6, 6.07) is 5.74. The van der Waals surface area contributed by atoms with Crippen LogP contribution < -0.4 is 15.8 Å². The molecular weight excluding hydrogens is 408 g/mol. The lowest BCUT2D eigenvalue weighted by Gasteiger charge is -2.31. The highest BCUT2D eigenvalue weighted by Gasteiger charge is 2.24. The molecule has 1 fully saturated rings. The van der Waals surface area contributed by atoms with Gasteiger partial charge in [0.25, 0.3) is 0 Å². The summed E-state index contributed by atoms with van der Waals surface area (Å²) in [7, 11) is -3.75. The number of likely N-dealkylation sites (tertiary alicyclic amines) is 1. The molecule has 0 aromatic heterocycles. The number of carbonyl (C=O) groups excluding carboxylic acids is 2. The Hall–Kier alpha value is -2.01. The van der Waals surface area contributed by atoms with Gasteiger partial charge in [-0.1, -0.05) is 0 Å². The first-order valence-electron chi connectivity index (χ1n) is 10.3. The van der Waals surface area contributed by atoms with Crippen molar-refractivity contribution in [3.05, 3.63) is 24.3 Å². The minimum Gasteiger partial charge on any atom is -0.382 e. The quantitative estimate of drug-likeness (QED) is 0.439. The fourth-order valence-electron chi connectivity index (χ4n) is 3.30. The Kier molecular flexibility index (Phi) is 9.70. The molecule has 0 atom stereocenters. The molecule has 0 bridgehead atoms. The Balaban J connectivity index is 1.64. The number of amides is 2. The van der Waals surface area contributed by atoms with Crippen molar-refractivity contribution in [3.63, 3.8) is 0 Å². The summed E-state index contributed by atoms with van der Waals surface area (Å²) in [5.74, 6) is -0.0149. The van der Waals surface area contributed by atoms with Crippen molar-refractivity contribution in [3.8, 4) is 0 Å². The van der Waals surface area contributed by atoms with Gasteiger partial charge in [0.05, 0.1) is 4.90 Å². The van der Waals surface area contributed by atoms with Crippen LogP contribution in [0.15, 0.2) is 29.2 Å². The summed E-state index contributed by atoms with van der Waals surface area (Å²) >= 11 is 0. The van der Waals surface area contributed by atoms with E-state index in [2.05, 4.69) is 15.5 Å². The maximum Gasteiger partial charge on any atom is 0.238 e. The molecule has 2 rings (SSSR count). The summed E-state index contributed by atoms with van der Waals surface area (Å²) in [6.07, 6.45) is 2.71. The zero-order valence-electron chi connectivity index (χ0n) is 17.4. The highest BCUT2D eigenvalue weighted by Crippen LogP contribution is 2.18. The summed E-state index contributed by atoms with van der Waals surface area (Å²) < 4.78 is 27.8. The largest absolute Gasteiger partial charge is 0.382 e. The van der Waals surface area contributed by atoms with E-state index in [9.17, 15) is 18.0 Å². The van der Waals surface area contributed by atoms with Crippen LogP contribution in [0.1, 0.15) is 32.6 Å². The van der Waals surface area contributed by atoms with Crippen LogP contribution >= 0.6 is 0 Å². The van der Waals surface area contributed by atoms with E-state index in [1.807, 2.05) is 6.92 Å². The van der Waals surface area contributed by atoms with E-state index in [1.165, 1.54) is 24.3 Å². The van der Waals surface area contributed by atoms with Gasteiger partial charge in [0.15, 0.2) is 0 Å². The Morgan fingerprint density at radius 1 is 1.20 bits per heavy atom. The third-order valence-corrected chi connectivity index (χ3v) is 5.98. The Bertz CT molecular complexity index is 790. The highest BCUT2D eigenvalue weighted by atomic mass is 32.2. The minimum atomic E-state index is -3.75. The van der Waals surface area contributed by atoms with Crippen molar-refractivity contribution in [1.29, 1.82) is 0 Å². The zero-order chi connectivity index (χ0) is 22.0. The number of nitrogens with zero attached hydrogens (tertiary/aromatic N) is 1. The van der Waals surface area contributed by atoms with Crippen LogP contribution in [0, 0.1) is 5.92 Å². The molecule has 4 N–H and O–H groups in total. The van der Waals surface area contributed by atoms with E-state index in [1.54, 1.807) is 0 Å². The van der Waals surface area contributed by atoms with Crippen molar-refractivity contribution < 1.29 is 22.7 Å². The van der Waals surface area contributed by atoms with Gasteiger partial charge in [-0.05, 0) is 63.5 Å². The number of anilines is 1. The smallest absolute Gasteiger partial charge is 0.238 e. The van der Waals surface area contributed by atoms with E-state index < -0.39 is 10.0 Å². The fraction of sp³-hybridized carbons (Fsp3) is 0.600. The molecule has 2 amide bonds. The van der Waals surface area contributed by atoms with Crippen molar-refractivity contribution >= 4 is 27.5 Å². The van der Waals surface area contributed by atoms with Crippen molar-refractivity contribution in [2.24, 2.45) is 11.1 Å².